The van der Waals surface area contributed by atoms with E-state index >= 15 is 0 Å². The smallest absolute Gasteiger partial charge is 0.251 e. The molecule has 0 aliphatic carbocycles. The molecular weight excluding hydrogens is 464 g/mol. The number of hydrogen-bond acceptors (Lipinski definition) is 4. The van der Waals surface area contributed by atoms with E-state index in [1.165, 1.54) is 11.1 Å². The molecule has 0 radical (unpaired) electrons. The second kappa shape index (κ2) is 10.8. The zero-order chi connectivity index (χ0) is 24.9. The Labute approximate surface area is 215 Å². The number of benzene rings is 3. The van der Waals surface area contributed by atoms with Gasteiger partial charge in [-0.25, -0.2) is 9.97 Å². The summed E-state index contributed by atoms with van der Waals surface area (Å²) in [5, 5.41) is 4.01. The van der Waals surface area contributed by atoms with Gasteiger partial charge in [-0.3, -0.25) is 9.36 Å². The molecule has 6 heteroatoms. The Balaban J connectivity index is 1.28. The van der Waals surface area contributed by atoms with Crippen molar-refractivity contribution in [1.82, 2.24) is 19.9 Å². The summed E-state index contributed by atoms with van der Waals surface area (Å²) < 4.78 is 2.18. The summed E-state index contributed by atoms with van der Waals surface area (Å²) in [5.74, 6) is 0.677. The summed E-state index contributed by atoms with van der Waals surface area (Å²) in [4.78, 5) is 22.2. The van der Waals surface area contributed by atoms with Crippen molar-refractivity contribution >= 4 is 28.8 Å². The van der Waals surface area contributed by atoms with Crippen LogP contribution in [-0.4, -0.2) is 20.4 Å². The summed E-state index contributed by atoms with van der Waals surface area (Å²) in [6.45, 7) is 4.82. The van der Waals surface area contributed by atoms with Crippen LogP contribution < -0.4 is 5.32 Å². The molecule has 2 aromatic heterocycles. The molecule has 0 saturated carbocycles. The van der Waals surface area contributed by atoms with Crippen LogP contribution in [0.15, 0.2) is 102 Å². The number of hydrogen-bond donors (Lipinski definition) is 1. The molecule has 3 aromatic carbocycles. The van der Waals surface area contributed by atoms with Gasteiger partial charge in [-0.1, -0.05) is 84.1 Å². The Kier molecular flexibility index (Phi) is 7.14. The molecule has 180 valence electrons. The molecule has 0 spiro atoms. The van der Waals surface area contributed by atoms with E-state index in [4.69, 9.17) is 4.98 Å². The number of imidazole rings is 1. The molecule has 0 bridgehead atoms. The lowest BCUT2D eigenvalue weighted by Gasteiger charge is -2.14. The lowest BCUT2D eigenvalue weighted by atomic mass is 10.1. The molecule has 0 aliphatic rings. The molecule has 1 amide bonds. The molecule has 1 N–H and O–H groups in total. The van der Waals surface area contributed by atoms with Gasteiger partial charge >= 0.3 is 0 Å². The van der Waals surface area contributed by atoms with Gasteiger partial charge in [0.2, 0.25) is 0 Å². The fourth-order valence-electron chi connectivity index (χ4n) is 4.19. The number of nitrogens with one attached hydrogen (secondary N) is 1. The van der Waals surface area contributed by atoms with Crippen LogP contribution in [0, 0.1) is 6.92 Å². The van der Waals surface area contributed by atoms with E-state index in [-0.39, 0.29) is 11.9 Å². The largest absolute Gasteiger partial charge is 0.346 e. The monoisotopic (exact) mass is 492 g/mol. The molecule has 36 heavy (non-hydrogen) atoms. The van der Waals surface area contributed by atoms with Crippen molar-refractivity contribution in [3.8, 4) is 0 Å². The number of carbonyl (C=O) groups excluding carboxylic acids is 1. The first-order valence-electron chi connectivity index (χ1n) is 12.0. The van der Waals surface area contributed by atoms with Crippen LogP contribution in [0.25, 0.3) is 11.2 Å². The third-order valence-corrected chi connectivity index (χ3v) is 7.17. The summed E-state index contributed by atoms with van der Waals surface area (Å²) >= 11 is 1.68. The summed E-state index contributed by atoms with van der Waals surface area (Å²) in [5.41, 5.74) is 7.12. The molecule has 2 heterocycles. The fourth-order valence-corrected chi connectivity index (χ4v) is 5.15. The van der Waals surface area contributed by atoms with Gasteiger partial charge in [0.25, 0.3) is 5.91 Å². The van der Waals surface area contributed by atoms with Crippen LogP contribution in [0.5, 0.6) is 0 Å². The highest BCUT2D eigenvalue weighted by Gasteiger charge is 2.14. The minimum Gasteiger partial charge on any atom is -0.346 e. The second-order valence-corrected chi connectivity index (χ2v) is 9.85. The lowest BCUT2D eigenvalue weighted by Crippen LogP contribution is -2.26. The number of rotatable bonds is 8. The molecule has 5 aromatic rings. The zero-order valence-electron chi connectivity index (χ0n) is 20.4. The number of pyridine rings is 1. The van der Waals surface area contributed by atoms with E-state index in [2.05, 4.69) is 46.1 Å². The van der Waals surface area contributed by atoms with Crippen molar-refractivity contribution < 1.29 is 4.79 Å². The second-order valence-electron chi connectivity index (χ2n) is 8.91. The molecule has 0 unspecified atom stereocenters. The molecule has 5 nitrogen and oxygen atoms in total. The highest BCUT2D eigenvalue weighted by Crippen LogP contribution is 2.27. The van der Waals surface area contributed by atoms with E-state index in [9.17, 15) is 4.79 Å². The van der Waals surface area contributed by atoms with E-state index in [0.29, 0.717) is 5.56 Å². The van der Waals surface area contributed by atoms with Crippen LogP contribution in [0.2, 0.25) is 0 Å². The number of thioether (sulfide) groups is 1. The number of carbonyl (C=O) groups is 1. The van der Waals surface area contributed by atoms with Gasteiger partial charge in [0.1, 0.15) is 5.52 Å². The zero-order valence-corrected chi connectivity index (χ0v) is 21.2. The summed E-state index contributed by atoms with van der Waals surface area (Å²) in [6.07, 6.45) is 1.81. The Morgan fingerprint density at radius 2 is 1.75 bits per heavy atom. The van der Waals surface area contributed by atoms with Gasteiger partial charge in [0.05, 0.1) is 12.6 Å². The number of nitrogens with zero attached hydrogens (tertiary/aromatic N) is 3. The molecule has 0 saturated heterocycles. The minimum absolute atomic E-state index is 0.0519. The normalized spacial score (nSPS) is 11.9. The van der Waals surface area contributed by atoms with Gasteiger partial charge in [-0.2, -0.15) is 0 Å². The number of fused-ring (bicyclic) bond motifs is 1. The van der Waals surface area contributed by atoms with Crippen molar-refractivity contribution in [1.29, 1.82) is 0 Å². The Bertz CT molecular complexity index is 1480. The molecular formula is C30H28N4OS. The van der Waals surface area contributed by atoms with Crippen molar-refractivity contribution in [2.24, 2.45) is 0 Å². The van der Waals surface area contributed by atoms with E-state index in [0.717, 1.165) is 39.7 Å². The Hall–Kier alpha value is -3.90. The first-order chi connectivity index (χ1) is 17.6. The van der Waals surface area contributed by atoms with E-state index in [1.54, 1.807) is 11.8 Å². The van der Waals surface area contributed by atoms with Crippen LogP contribution in [0.1, 0.15) is 45.6 Å². The standard InChI is InChI=1S/C30H28N4OS/c1-21-8-6-9-24(18-21)19-34-28-27(12-7-17-31-28)33-30(34)36-20-23-13-15-26(16-14-23)29(35)32-22(2)25-10-4-3-5-11-25/h3-18,22H,19-20H2,1-2H3,(H,32,35)/t22-/m1/s1. The lowest BCUT2D eigenvalue weighted by molar-refractivity contribution is 0.0940. The third-order valence-electron chi connectivity index (χ3n) is 6.12. The van der Waals surface area contributed by atoms with Crippen LogP contribution >= 0.6 is 11.8 Å². The minimum atomic E-state index is -0.0726. The predicted octanol–water partition coefficient (Wildman–Crippen LogP) is 6.57. The summed E-state index contributed by atoms with van der Waals surface area (Å²) in [6, 6.07) is 30.2. The first kappa shape index (κ1) is 23.8. The fraction of sp³-hybridized carbons (Fsp3) is 0.167. The van der Waals surface area contributed by atoms with E-state index in [1.807, 2.05) is 79.9 Å². The number of aromatic nitrogens is 3. The van der Waals surface area contributed by atoms with Gasteiger partial charge in [0, 0.05) is 17.5 Å². The topological polar surface area (TPSA) is 59.8 Å². The molecule has 5 rings (SSSR count). The Morgan fingerprint density at radius 1 is 0.944 bits per heavy atom. The average Bonchev–Trinajstić information content (AvgIpc) is 3.25. The van der Waals surface area contributed by atoms with Crippen molar-refractivity contribution in [2.75, 3.05) is 0 Å². The average molecular weight is 493 g/mol. The maximum absolute atomic E-state index is 12.7. The molecule has 0 fully saturated rings. The molecule has 0 aliphatic heterocycles. The van der Waals surface area contributed by atoms with Crippen molar-refractivity contribution in [3.05, 3.63) is 125 Å². The summed E-state index contributed by atoms with van der Waals surface area (Å²) in [7, 11) is 0. The van der Waals surface area contributed by atoms with Gasteiger partial charge in [-0.15, -0.1) is 0 Å². The highest BCUT2D eigenvalue weighted by molar-refractivity contribution is 7.98. The van der Waals surface area contributed by atoms with Crippen LogP contribution in [-0.2, 0) is 12.3 Å². The van der Waals surface area contributed by atoms with Crippen molar-refractivity contribution in [2.45, 2.75) is 37.3 Å². The van der Waals surface area contributed by atoms with Crippen LogP contribution in [0.3, 0.4) is 0 Å². The third kappa shape index (κ3) is 5.50. The maximum atomic E-state index is 12.7. The first-order valence-corrected chi connectivity index (χ1v) is 13.0. The highest BCUT2D eigenvalue weighted by atomic mass is 32.2. The number of amides is 1. The maximum Gasteiger partial charge on any atom is 0.251 e. The van der Waals surface area contributed by atoms with Crippen molar-refractivity contribution in [3.63, 3.8) is 0 Å². The quantitative estimate of drug-likeness (QED) is 0.249. The van der Waals surface area contributed by atoms with Gasteiger partial charge < -0.3 is 5.32 Å². The van der Waals surface area contributed by atoms with Gasteiger partial charge in [-0.05, 0) is 54.8 Å². The predicted molar refractivity (Wildman–Crippen MR) is 146 cm³/mol. The molecule has 1 atom stereocenters. The number of aryl methyl sites for hydroxylation is 1. The van der Waals surface area contributed by atoms with Crippen LogP contribution in [0.4, 0.5) is 0 Å². The van der Waals surface area contributed by atoms with Gasteiger partial charge in [0.15, 0.2) is 10.8 Å². The SMILES string of the molecule is Cc1cccc(Cn2c(SCc3ccc(C(=O)N[C@H](C)c4ccccc4)cc3)nc3cccnc32)c1. The Morgan fingerprint density at radius 3 is 2.53 bits per heavy atom. The van der Waals surface area contributed by atoms with E-state index < -0.39 is 0 Å².